The molecule has 0 atom stereocenters. The maximum Gasteiger partial charge on any atom is 0.327 e. The summed E-state index contributed by atoms with van der Waals surface area (Å²) in [5.41, 5.74) is 2.01. The molecule has 3 N–H and O–H groups in total. The van der Waals surface area contributed by atoms with Crippen LogP contribution in [-0.2, 0) is 21.5 Å². The van der Waals surface area contributed by atoms with Crippen molar-refractivity contribution in [2.24, 2.45) is 0 Å². The molecule has 0 bridgehead atoms. The number of amides is 3. The minimum absolute atomic E-state index is 0.00357. The Morgan fingerprint density at radius 2 is 1.85 bits per heavy atom. The molecule has 33 heavy (non-hydrogen) atoms. The number of aliphatic hydroxyl groups is 1. The third kappa shape index (κ3) is 5.88. The van der Waals surface area contributed by atoms with E-state index in [4.69, 9.17) is 5.11 Å². The molecule has 1 saturated carbocycles. The van der Waals surface area contributed by atoms with Gasteiger partial charge in [-0.15, -0.1) is 0 Å². The number of aliphatic carboxylic acids is 1. The van der Waals surface area contributed by atoms with Gasteiger partial charge in [-0.2, -0.15) is 0 Å². The first-order chi connectivity index (χ1) is 15.5. The molecule has 0 radical (unpaired) electrons. The summed E-state index contributed by atoms with van der Waals surface area (Å²) in [4.78, 5) is 39.9. The van der Waals surface area contributed by atoms with Crippen LogP contribution in [0.3, 0.4) is 0 Å². The average Bonchev–Trinajstić information content (AvgIpc) is 2.75. The molecule has 1 fully saturated rings. The number of nitrogens with zero attached hydrogens (tertiary/aromatic N) is 2. The van der Waals surface area contributed by atoms with Crippen LogP contribution in [0.2, 0.25) is 0 Å². The third-order valence-electron chi connectivity index (χ3n) is 6.22. The molecule has 0 aromatic heterocycles. The molecule has 1 aromatic carbocycles. The van der Waals surface area contributed by atoms with Gasteiger partial charge in [-0.1, -0.05) is 68.1 Å². The molecule has 1 heterocycles. The summed E-state index contributed by atoms with van der Waals surface area (Å²) in [6.45, 7) is 5.95. The van der Waals surface area contributed by atoms with Crippen molar-refractivity contribution in [3.63, 3.8) is 0 Å². The van der Waals surface area contributed by atoms with Crippen LogP contribution in [0.1, 0.15) is 64.0 Å². The van der Waals surface area contributed by atoms with Crippen molar-refractivity contribution >= 4 is 33.8 Å². The van der Waals surface area contributed by atoms with Gasteiger partial charge in [0.05, 0.1) is 12.1 Å². The van der Waals surface area contributed by atoms with Crippen molar-refractivity contribution in [1.82, 2.24) is 15.1 Å². The van der Waals surface area contributed by atoms with E-state index in [1.54, 1.807) is 0 Å². The molecule has 0 saturated heterocycles. The van der Waals surface area contributed by atoms with Crippen LogP contribution in [0.5, 0.6) is 0 Å². The number of carbonyl (C=O) groups excluding carboxylic acids is 2. The molecule has 2 aliphatic rings. The van der Waals surface area contributed by atoms with Crippen molar-refractivity contribution in [3.8, 4) is 0 Å². The van der Waals surface area contributed by atoms with Gasteiger partial charge in [-0.3, -0.25) is 14.5 Å². The number of aliphatic hydroxyl groups excluding tert-OH is 1. The van der Waals surface area contributed by atoms with Gasteiger partial charge in [0.25, 0.3) is 5.91 Å². The normalized spacial score (nSPS) is 18.0. The highest BCUT2D eigenvalue weighted by atomic mass is 79.9. The predicted molar refractivity (Wildman–Crippen MR) is 128 cm³/mol. The first-order valence-electron chi connectivity index (χ1n) is 11.3. The lowest BCUT2D eigenvalue weighted by Crippen LogP contribution is -2.54. The fourth-order valence-electron chi connectivity index (χ4n) is 4.29. The van der Waals surface area contributed by atoms with Crippen LogP contribution in [0.4, 0.5) is 4.79 Å². The molecule has 180 valence electrons. The highest BCUT2D eigenvalue weighted by molar-refractivity contribution is 9.10. The van der Waals surface area contributed by atoms with Gasteiger partial charge in [0, 0.05) is 17.1 Å². The van der Waals surface area contributed by atoms with Crippen molar-refractivity contribution in [1.29, 1.82) is 0 Å². The lowest BCUT2D eigenvalue weighted by Gasteiger charge is -2.41. The fraction of sp³-hybridized carbons (Fsp3) is 0.542. The summed E-state index contributed by atoms with van der Waals surface area (Å²) in [6, 6.07) is 5.49. The van der Waals surface area contributed by atoms with Gasteiger partial charge in [0.2, 0.25) is 5.88 Å². The van der Waals surface area contributed by atoms with Crippen LogP contribution in [-0.4, -0.2) is 57.1 Å². The number of benzene rings is 1. The summed E-state index contributed by atoms with van der Waals surface area (Å²) in [6.07, 6.45) is 4.46. The van der Waals surface area contributed by atoms with Gasteiger partial charge in [-0.25, -0.2) is 4.79 Å². The van der Waals surface area contributed by atoms with Crippen molar-refractivity contribution < 1.29 is 24.6 Å². The number of nitrogens with one attached hydrogen (secondary N) is 1. The summed E-state index contributed by atoms with van der Waals surface area (Å²) < 4.78 is 0.864. The van der Waals surface area contributed by atoms with Crippen molar-refractivity contribution in [2.45, 2.75) is 70.9 Å². The van der Waals surface area contributed by atoms with Crippen LogP contribution >= 0.6 is 15.9 Å². The van der Waals surface area contributed by atoms with E-state index in [-0.39, 0.29) is 42.0 Å². The van der Waals surface area contributed by atoms with Crippen LogP contribution in [0.25, 0.3) is 0 Å². The number of halogens is 1. The van der Waals surface area contributed by atoms with E-state index in [1.165, 1.54) is 9.80 Å². The van der Waals surface area contributed by atoms with E-state index >= 15 is 0 Å². The Morgan fingerprint density at radius 1 is 1.18 bits per heavy atom. The smallest absolute Gasteiger partial charge is 0.327 e. The number of rotatable bonds is 6. The number of hydrogen-bond donors (Lipinski definition) is 3. The first kappa shape index (κ1) is 25.1. The molecule has 9 heteroatoms. The Kier molecular flexibility index (Phi) is 7.72. The Hall–Kier alpha value is -2.55. The van der Waals surface area contributed by atoms with Crippen molar-refractivity contribution in [2.75, 3.05) is 13.1 Å². The van der Waals surface area contributed by atoms with Gasteiger partial charge in [-0.05, 0) is 35.4 Å². The lowest BCUT2D eigenvalue weighted by atomic mass is 9.86. The zero-order valence-electron chi connectivity index (χ0n) is 19.4. The predicted octanol–water partition coefficient (Wildman–Crippen LogP) is 4.29. The summed E-state index contributed by atoms with van der Waals surface area (Å²) in [7, 11) is 0. The topological polar surface area (TPSA) is 110 Å². The highest BCUT2D eigenvalue weighted by Crippen LogP contribution is 2.32. The minimum atomic E-state index is -1.18. The second-order valence-corrected chi connectivity index (χ2v) is 10.6. The number of hydrogen-bond acceptors (Lipinski definition) is 4. The van der Waals surface area contributed by atoms with E-state index in [0.29, 0.717) is 0 Å². The molecule has 3 amide bonds. The lowest BCUT2D eigenvalue weighted by molar-refractivity contribution is -0.137. The largest absolute Gasteiger partial charge is 0.494 e. The summed E-state index contributed by atoms with van der Waals surface area (Å²) in [5.74, 6) is -2.23. The van der Waals surface area contributed by atoms with E-state index in [0.717, 1.165) is 47.7 Å². The number of carboxylic acids is 1. The van der Waals surface area contributed by atoms with E-state index in [1.807, 2.05) is 18.2 Å². The summed E-state index contributed by atoms with van der Waals surface area (Å²) in [5, 5.41) is 22.1. The second kappa shape index (κ2) is 10.2. The zero-order valence-corrected chi connectivity index (χ0v) is 20.9. The number of carbonyl (C=O) groups is 3. The standard InChI is InChI=1S/C24H32BrN3O5/c1-24(2,3)16-10-9-15(19(25)11-16)13-27-14-18(21(31)26-12-20(29)30)22(32)28(23(27)33)17-7-5-4-6-8-17/h9-11,17,32H,4-8,12-14H2,1-3H3,(H,26,31)(H,29,30). The van der Waals surface area contributed by atoms with Gasteiger partial charge >= 0.3 is 12.0 Å². The molecular formula is C24H32BrN3O5. The maximum atomic E-state index is 13.4. The SMILES string of the molecule is CC(C)(C)c1ccc(CN2CC(C(=O)NCC(=O)O)=C(O)N(C3CCCCC3)C2=O)c(Br)c1. The first-order valence-corrected chi connectivity index (χ1v) is 12.1. The van der Waals surface area contributed by atoms with Crippen molar-refractivity contribution in [3.05, 3.63) is 45.3 Å². The Morgan fingerprint density at radius 3 is 2.42 bits per heavy atom. The summed E-state index contributed by atoms with van der Waals surface area (Å²) >= 11 is 3.62. The van der Waals surface area contributed by atoms with E-state index in [2.05, 4.69) is 42.0 Å². The zero-order chi connectivity index (χ0) is 24.3. The Balaban J connectivity index is 1.91. The molecule has 0 unspecified atom stereocenters. The monoisotopic (exact) mass is 521 g/mol. The molecular weight excluding hydrogens is 490 g/mol. The van der Waals surface area contributed by atoms with Crippen LogP contribution in [0, 0.1) is 0 Å². The molecule has 1 aliphatic heterocycles. The van der Waals surface area contributed by atoms with Crippen LogP contribution < -0.4 is 5.32 Å². The molecule has 0 spiro atoms. The molecule has 3 rings (SSSR count). The Bertz CT molecular complexity index is 963. The maximum absolute atomic E-state index is 13.4. The Labute approximate surface area is 202 Å². The van der Waals surface area contributed by atoms with E-state index < -0.39 is 18.4 Å². The molecule has 1 aromatic rings. The number of urea groups is 1. The van der Waals surface area contributed by atoms with Gasteiger partial charge in [0.15, 0.2) is 0 Å². The quantitative estimate of drug-likeness (QED) is 0.517. The minimum Gasteiger partial charge on any atom is -0.494 e. The fourth-order valence-corrected chi connectivity index (χ4v) is 4.80. The number of carboxylic acid groups (broad SMARTS) is 1. The highest BCUT2D eigenvalue weighted by Gasteiger charge is 2.39. The second-order valence-electron chi connectivity index (χ2n) is 9.74. The molecule has 8 nitrogen and oxygen atoms in total. The van der Waals surface area contributed by atoms with Gasteiger partial charge in [0.1, 0.15) is 6.54 Å². The average molecular weight is 522 g/mol. The van der Waals surface area contributed by atoms with E-state index in [9.17, 15) is 19.5 Å². The third-order valence-corrected chi connectivity index (χ3v) is 6.96. The van der Waals surface area contributed by atoms with Gasteiger partial charge < -0.3 is 20.4 Å². The molecule has 1 aliphatic carbocycles. The van der Waals surface area contributed by atoms with Crippen LogP contribution in [0.15, 0.2) is 34.1 Å².